The number of hydrogen-bond acceptors (Lipinski definition) is 7. The lowest BCUT2D eigenvalue weighted by atomic mass is 10.0. The van der Waals surface area contributed by atoms with E-state index in [1.54, 1.807) is 0 Å². The Morgan fingerprint density at radius 1 is 0.660 bits per heavy atom. The molecule has 6 N–H and O–H groups in total. The molecule has 4 atom stereocenters. The summed E-state index contributed by atoms with van der Waals surface area (Å²) in [5.74, 6) is -0.418. The Morgan fingerprint density at radius 2 is 1.08 bits per heavy atom. The van der Waals surface area contributed by atoms with Crippen LogP contribution in [0.15, 0.2) is 12.2 Å². The number of phosphoric acid groups is 1. The van der Waals surface area contributed by atoms with E-state index in [1.165, 1.54) is 122 Å². The number of allylic oxidation sites excluding steroid dienone is 2. The minimum absolute atomic E-state index is 0.0599. The van der Waals surface area contributed by atoms with Crippen LogP contribution in [0.25, 0.3) is 0 Å². The zero-order chi connectivity index (χ0) is 37.0. The molecule has 0 bridgehead atoms. The van der Waals surface area contributed by atoms with Crippen molar-refractivity contribution in [2.75, 3.05) is 19.8 Å². The number of rotatable bonds is 39. The Hall–Kier alpha value is -0.800. The van der Waals surface area contributed by atoms with E-state index in [0.717, 1.165) is 44.9 Å². The van der Waals surface area contributed by atoms with Crippen LogP contribution in [0.1, 0.15) is 200 Å². The number of unbranched alkanes of at least 4 members (excludes halogenated alkanes) is 23. The van der Waals surface area contributed by atoms with E-state index in [2.05, 4.69) is 31.3 Å². The van der Waals surface area contributed by atoms with Crippen molar-refractivity contribution in [3.05, 3.63) is 12.2 Å². The van der Waals surface area contributed by atoms with Gasteiger partial charge in [-0.1, -0.05) is 167 Å². The molecule has 0 aliphatic heterocycles. The summed E-state index contributed by atoms with van der Waals surface area (Å²) in [6.45, 7) is 4.03. The molecule has 0 saturated carbocycles. The van der Waals surface area contributed by atoms with Crippen molar-refractivity contribution in [2.45, 2.75) is 218 Å². The van der Waals surface area contributed by atoms with Gasteiger partial charge in [0.25, 0.3) is 0 Å². The highest BCUT2D eigenvalue weighted by Gasteiger charge is 2.28. The lowest BCUT2D eigenvalue weighted by Gasteiger charge is -2.25. The third kappa shape index (κ3) is 34.3. The molecule has 10 heteroatoms. The van der Waals surface area contributed by atoms with Crippen LogP contribution in [-0.2, 0) is 18.4 Å². The number of carbonyl (C=O) groups is 1. The largest absolute Gasteiger partial charge is 0.472 e. The van der Waals surface area contributed by atoms with Crippen molar-refractivity contribution >= 4 is 13.7 Å². The van der Waals surface area contributed by atoms with E-state index >= 15 is 0 Å². The normalized spacial score (nSPS) is 14.9. The van der Waals surface area contributed by atoms with E-state index in [-0.39, 0.29) is 26.2 Å². The molecule has 0 rings (SSSR count). The smallest absolute Gasteiger partial charge is 0.393 e. The molecule has 9 nitrogen and oxygen atoms in total. The zero-order valence-electron chi connectivity index (χ0n) is 32.5. The van der Waals surface area contributed by atoms with E-state index < -0.39 is 32.0 Å². The van der Waals surface area contributed by atoms with Gasteiger partial charge in [-0.15, -0.1) is 0 Å². The summed E-state index contributed by atoms with van der Waals surface area (Å²) in [6, 6.07) is -0.895. The van der Waals surface area contributed by atoms with Gasteiger partial charge in [0.1, 0.15) is 0 Å². The average Bonchev–Trinajstić information content (AvgIpc) is 3.09. The zero-order valence-corrected chi connectivity index (χ0v) is 33.4. The fourth-order valence-electron chi connectivity index (χ4n) is 6.23. The minimum atomic E-state index is -4.37. The van der Waals surface area contributed by atoms with Crippen LogP contribution in [0, 0.1) is 0 Å². The predicted molar refractivity (Wildman–Crippen MR) is 209 cm³/mol. The summed E-state index contributed by atoms with van der Waals surface area (Å²) in [5.41, 5.74) is 5.36. The number of phosphoric ester groups is 1. The highest BCUT2D eigenvalue weighted by Crippen LogP contribution is 2.43. The quantitative estimate of drug-likeness (QED) is 0.0238. The molecular weight excluding hydrogens is 651 g/mol. The number of aliphatic hydroxyl groups is 2. The molecule has 0 fully saturated rings. The summed E-state index contributed by atoms with van der Waals surface area (Å²) >= 11 is 0. The summed E-state index contributed by atoms with van der Waals surface area (Å²) in [4.78, 5) is 22.7. The molecule has 0 aromatic rings. The van der Waals surface area contributed by atoms with Gasteiger partial charge in [-0.05, 0) is 38.5 Å². The lowest BCUT2D eigenvalue weighted by Crippen LogP contribution is -2.47. The second-order valence-electron chi connectivity index (χ2n) is 14.4. The maximum absolute atomic E-state index is 12.8. The molecule has 0 aliphatic carbocycles. The van der Waals surface area contributed by atoms with Crippen LogP contribution in [0.4, 0.5) is 0 Å². The first-order valence-electron chi connectivity index (χ1n) is 20.9. The summed E-state index contributed by atoms with van der Waals surface area (Å²) in [7, 11) is -4.37. The standard InChI is InChI=1S/C40H81N2O7P/c1-3-5-7-9-11-13-15-17-18-20-22-24-26-28-30-32-39(44)38(36-49-50(46,47)48-34-33-41)42-40(45)35-37(43)31-29-27-25-23-21-19-16-14-12-10-8-6-4-2/h14,16,37-39,43-44H,3-13,15,17-36,41H2,1-2H3,(H,42,45)(H,46,47)/b16-14-. The minimum Gasteiger partial charge on any atom is -0.393 e. The van der Waals surface area contributed by atoms with E-state index in [0.29, 0.717) is 12.8 Å². The SMILES string of the molecule is CCCCCC/C=C\CCCCCCCC(O)CC(=O)NC(COP(=O)(O)OCCN)C(O)CCCCCCCCCCCCCCCCC. The van der Waals surface area contributed by atoms with Crippen LogP contribution in [0.5, 0.6) is 0 Å². The van der Waals surface area contributed by atoms with Crippen LogP contribution in [-0.4, -0.2) is 59.0 Å². The van der Waals surface area contributed by atoms with Crippen LogP contribution < -0.4 is 11.1 Å². The van der Waals surface area contributed by atoms with Crippen molar-refractivity contribution in [1.29, 1.82) is 0 Å². The van der Waals surface area contributed by atoms with Crippen LogP contribution in [0.2, 0.25) is 0 Å². The van der Waals surface area contributed by atoms with Gasteiger partial charge < -0.3 is 26.2 Å². The van der Waals surface area contributed by atoms with Crippen LogP contribution in [0.3, 0.4) is 0 Å². The number of nitrogens with two attached hydrogens (primary N) is 1. The summed E-state index contributed by atoms with van der Waals surface area (Å²) in [6.07, 6.45) is 35.3. The third-order valence-electron chi connectivity index (χ3n) is 9.42. The molecule has 1 amide bonds. The van der Waals surface area contributed by atoms with Gasteiger partial charge in [0.2, 0.25) is 5.91 Å². The summed E-state index contributed by atoms with van der Waals surface area (Å²) in [5, 5.41) is 24.1. The van der Waals surface area contributed by atoms with Gasteiger partial charge in [0.15, 0.2) is 0 Å². The van der Waals surface area contributed by atoms with Crippen LogP contribution >= 0.6 is 7.82 Å². The van der Waals surface area contributed by atoms with E-state index in [1.807, 2.05) is 0 Å². The van der Waals surface area contributed by atoms with Crippen molar-refractivity contribution in [3.63, 3.8) is 0 Å². The second kappa shape index (κ2) is 36.6. The van der Waals surface area contributed by atoms with Crippen molar-refractivity contribution in [2.24, 2.45) is 5.73 Å². The first kappa shape index (κ1) is 49.2. The molecule has 0 aliphatic rings. The molecule has 0 aromatic heterocycles. The average molecular weight is 733 g/mol. The first-order valence-corrected chi connectivity index (χ1v) is 22.4. The van der Waals surface area contributed by atoms with Crippen molar-refractivity contribution < 1.29 is 33.5 Å². The molecule has 0 saturated heterocycles. The van der Waals surface area contributed by atoms with Gasteiger partial charge in [0, 0.05) is 6.54 Å². The molecule has 50 heavy (non-hydrogen) atoms. The third-order valence-corrected chi connectivity index (χ3v) is 10.4. The number of aliphatic hydroxyl groups excluding tert-OH is 2. The molecule has 0 aromatic carbocycles. The van der Waals surface area contributed by atoms with Crippen molar-refractivity contribution in [1.82, 2.24) is 5.32 Å². The van der Waals surface area contributed by atoms with E-state index in [4.69, 9.17) is 14.8 Å². The molecule has 0 spiro atoms. The summed E-state index contributed by atoms with van der Waals surface area (Å²) < 4.78 is 22.1. The Kier molecular flexibility index (Phi) is 36.0. The fourth-order valence-corrected chi connectivity index (χ4v) is 6.99. The van der Waals surface area contributed by atoms with Gasteiger partial charge in [-0.3, -0.25) is 13.8 Å². The van der Waals surface area contributed by atoms with Gasteiger partial charge >= 0.3 is 7.82 Å². The van der Waals surface area contributed by atoms with Crippen molar-refractivity contribution in [3.8, 4) is 0 Å². The Bertz CT molecular complexity index is 817. The van der Waals surface area contributed by atoms with Gasteiger partial charge in [-0.2, -0.15) is 0 Å². The highest BCUT2D eigenvalue weighted by atomic mass is 31.2. The Balaban J connectivity index is 4.31. The number of amides is 1. The maximum Gasteiger partial charge on any atom is 0.472 e. The number of carbonyl (C=O) groups excluding carboxylic acids is 1. The topological polar surface area (TPSA) is 151 Å². The number of nitrogens with one attached hydrogen (secondary N) is 1. The Labute approximate surface area is 307 Å². The van der Waals surface area contributed by atoms with Gasteiger partial charge in [-0.25, -0.2) is 4.57 Å². The van der Waals surface area contributed by atoms with E-state index in [9.17, 15) is 24.5 Å². The highest BCUT2D eigenvalue weighted by molar-refractivity contribution is 7.47. The molecule has 4 unspecified atom stereocenters. The lowest BCUT2D eigenvalue weighted by molar-refractivity contribution is -0.125. The maximum atomic E-state index is 12.8. The molecule has 0 radical (unpaired) electrons. The molecule has 0 heterocycles. The molecular formula is C40H81N2O7P. The predicted octanol–water partition coefficient (Wildman–Crippen LogP) is 10.2. The number of hydrogen-bond donors (Lipinski definition) is 5. The van der Waals surface area contributed by atoms with Gasteiger partial charge in [0.05, 0.1) is 37.9 Å². The fraction of sp³-hybridized carbons (Fsp3) is 0.925. The Morgan fingerprint density at radius 3 is 1.56 bits per heavy atom. The molecule has 298 valence electrons. The second-order valence-corrected chi connectivity index (χ2v) is 15.8. The monoisotopic (exact) mass is 733 g/mol. The first-order chi connectivity index (χ1) is 24.3.